The normalized spacial score (nSPS) is 15.5. The van der Waals surface area contributed by atoms with Crippen LogP contribution >= 0.6 is 11.3 Å². The minimum Gasteiger partial charge on any atom is -0.494 e. The highest BCUT2D eigenvalue weighted by atomic mass is 32.1. The molecule has 0 unspecified atom stereocenters. The number of aromatic nitrogens is 1. The van der Waals surface area contributed by atoms with Gasteiger partial charge in [-0.1, -0.05) is 30.5 Å². The van der Waals surface area contributed by atoms with Crippen LogP contribution in [0.3, 0.4) is 0 Å². The number of ether oxygens (including phenoxy) is 1. The van der Waals surface area contributed by atoms with E-state index in [0.717, 1.165) is 45.0 Å². The predicted molar refractivity (Wildman–Crippen MR) is 106 cm³/mol. The zero-order chi connectivity index (χ0) is 17.3. The molecule has 0 amide bonds. The van der Waals surface area contributed by atoms with Crippen molar-refractivity contribution in [1.82, 2.24) is 9.88 Å². The Bertz CT molecular complexity index is 592. The van der Waals surface area contributed by atoms with E-state index in [4.69, 9.17) is 4.74 Å². The second-order valence-corrected chi connectivity index (χ2v) is 7.59. The Balaban J connectivity index is 1.20. The third-order valence-corrected chi connectivity index (χ3v) is 5.55. The largest absolute Gasteiger partial charge is 0.494 e. The zero-order valence-electron chi connectivity index (χ0n) is 15.2. The summed E-state index contributed by atoms with van der Waals surface area (Å²) in [5.74, 6) is 0.990. The van der Waals surface area contributed by atoms with Crippen LogP contribution in [0.4, 0.5) is 5.13 Å². The van der Waals surface area contributed by atoms with E-state index in [2.05, 4.69) is 51.4 Å². The number of piperazine rings is 1. The molecule has 1 aliphatic rings. The minimum atomic E-state index is 0.829. The summed E-state index contributed by atoms with van der Waals surface area (Å²) >= 11 is 1.74. The summed E-state index contributed by atoms with van der Waals surface area (Å²) in [5, 5.41) is 3.23. The molecule has 1 fully saturated rings. The fourth-order valence-corrected chi connectivity index (χ4v) is 3.85. The lowest BCUT2D eigenvalue weighted by atomic mass is 10.2. The average Bonchev–Trinajstić information content (AvgIpc) is 3.18. The molecule has 1 saturated heterocycles. The molecule has 0 aliphatic carbocycles. The number of benzene rings is 1. The highest BCUT2D eigenvalue weighted by molar-refractivity contribution is 7.13. The van der Waals surface area contributed by atoms with Crippen LogP contribution < -0.4 is 9.64 Å². The van der Waals surface area contributed by atoms with Gasteiger partial charge in [-0.15, -0.1) is 11.3 Å². The van der Waals surface area contributed by atoms with Crippen LogP contribution in [0.15, 0.2) is 35.8 Å². The van der Waals surface area contributed by atoms with Gasteiger partial charge in [0.1, 0.15) is 5.75 Å². The number of anilines is 1. The molecule has 2 heterocycles. The fourth-order valence-electron chi connectivity index (χ4n) is 3.15. The first-order valence-electron chi connectivity index (χ1n) is 9.37. The van der Waals surface area contributed by atoms with Gasteiger partial charge in [-0.05, 0) is 38.4 Å². The van der Waals surface area contributed by atoms with Crippen LogP contribution in [0.5, 0.6) is 5.75 Å². The Labute approximate surface area is 155 Å². The van der Waals surface area contributed by atoms with Crippen molar-refractivity contribution in [3.63, 3.8) is 0 Å². The molecule has 0 radical (unpaired) electrons. The second-order valence-electron chi connectivity index (χ2n) is 6.72. The zero-order valence-corrected chi connectivity index (χ0v) is 16.0. The molecule has 2 aromatic rings. The summed E-state index contributed by atoms with van der Waals surface area (Å²) in [4.78, 5) is 9.41. The smallest absolute Gasteiger partial charge is 0.185 e. The monoisotopic (exact) mass is 359 g/mol. The van der Waals surface area contributed by atoms with E-state index in [1.807, 2.05) is 6.20 Å². The van der Waals surface area contributed by atoms with Crippen molar-refractivity contribution in [2.45, 2.75) is 32.6 Å². The highest BCUT2D eigenvalue weighted by Gasteiger charge is 2.17. The van der Waals surface area contributed by atoms with Gasteiger partial charge in [-0.25, -0.2) is 4.98 Å². The van der Waals surface area contributed by atoms with Crippen molar-refractivity contribution >= 4 is 16.5 Å². The van der Waals surface area contributed by atoms with Gasteiger partial charge in [0.05, 0.1) is 6.61 Å². The van der Waals surface area contributed by atoms with Crippen LogP contribution in [0, 0.1) is 6.92 Å². The van der Waals surface area contributed by atoms with E-state index < -0.39 is 0 Å². The molecule has 4 nitrogen and oxygen atoms in total. The molecule has 1 aliphatic heterocycles. The number of aryl methyl sites for hydroxylation is 1. The summed E-state index contributed by atoms with van der Waals surface area (Å²) in [6.07, 6.45) is 6.89. The average molecular weight is 360 g/mol. The number of rotatable bonds is 9. The Hall–Kier alpha value is -1.59. The number of nitrogens with zero attached hydrogens (tertiary/aromatic N) is 3. The quantitative estimate of drug-likeness (QED) is 0.627. The fraction of sp³-hybridized carbons (Fsp3) is 0.550. The Kier molecular flexibility index (Phi) is 7.12. The molecule has 3 rings (SSSR count). The molecule has 0 N–H and O–H groups in total. The van der Waals surface area contributed by atoms with Gasteiger partial charge in [0.2, 0.25) is 0 Å². The molecule has 25 heavy (non-hydrogen) atoms. The Morgan fingerprint density at radius 3 is 2.48 bits per heavy atom. The molecular weight excluding hydrogens is 330 g/mol. The first kappa shape index (κ1) is 18.2. The molecule has 1 aromatic carbocycles. The Morgan fingerprint density at radius 2 is 1.76 bits per heavy atom. The number of unbranched alkanes of at least 4 members (excludes halogenated alkanes) is 3. The minimum absolute atomic E-state index is 0.829. The summed E-state index contributed by atoms with van der Waals surface area (Å²) in [7, 11) is 0. The van der Waals surface area contributed by atoms with E-state index in [0.29, 0.717) is 0 Å². The molecule has 136 valence electrons. The van der Waals surface area contributed by atoms with Gasteiger partial charge in [0, 0.05) is 37.8 Å². The third-order valence-electron chi connectivity index (χ3n) is 4.72. The summed E-state index contributed by atoms with van der Waals surface area (Å²) in [6.45, 7) is 8.70. The number of thiazole rings is 1. The topological polar surface area (TPSA) is 28.6 Å². The molecule has 5 heteroatoms. The van der Waals surface area contributed by atoms with Crippen LogP contribution in [0.1, 0.15) is 31.2 Å². The highest BCUT2D eigenvalue weighted by Crippen LogP contribution is 2.19. The van der Waals surface area contributed by atoms with Crippen LogP contribution in [0.2, 0.25) is 0 Å². The van der Waals surface area contributed by atoms with Crippen molar-refractivity contribution in [2.75, 3.05) is 44.2 Å². The van der Waals surface area contributed by atoms with Crippen LogP contribution in [-0.4, -0.2) is 49.2 Å². The van der Waals surface area contributed by atoms with Crippen LogP contribution in [0.25, 0.3) is 0 Å². The SMILES string of the molecule is Cc1ccc(OCCCCCCN2CCN(c3nccs3)CC2)cc1. The van der Waals surface area contributed by atoms with Gasteiger partial charge in [0.15, 0.2) is 5.13 Å². The van der Waals surface area contributed by atoms with E-state index in [1.54, 1.807) is 11.3 Å². The van der Waals surface area contributed by atoms with Gasteiger partial charge in [0.25, 0.3) is 0 Å². The van der Waals surface area contributed by atoms with Crippen LogP contribution in [-0.2, 0) is 0 Å². The lowest BCUT2D eigenvalue weighted by Crippen LogP contribution is -2.46. The maximum Gasteiger partial charge on any atom is 0.185 e. The van der Waals surface area contributed by atoms with Crippen molar-refractivity contribution in [2.24, 2.45) is 0 Å². The standard InChI is InChI=1S/C20H29N3OS/c1-18-6-8-19(9-7-18)24-16-5-3-2-4-11-22-12-14-23(15-13-22)20-21-10-17-25-20/h6-10,17H,2-5,11-16H2,1H3. The lowest BCUT2D eigenvalue weighted by molar-refractivity contribution is 0.249. The van der Waals surface area contributed by atoms with E-state index in [1.165, 1.54) is 36.5 Å². The number of hydrogen-bond donors (Lipinski definition) is 0. The molecule has 1 aromatic heterocycles. The molecule has 0 saturated carbocycles. The first-order valence-corrected chi connectivity index (χ1v) is 10.3. The molecular formula is C20H29N3OS. The van der Waals surface area contributed by atoms with Gasteiger partial charge >= 0.3 is 0 Å². The van der Waals surface area contributed by atoms with E-state index >= 15 is 0 Å². The predicted octanol–water partition coefficient (Wildman–Crippen LogP) is 4.21. The number of hydrogen-bond acceptors (Lipinski definition) is 5. The maximum atomic E-state index is 5.78. The van der Waals surface area contributed by atoms with Crippen molar-refractivity contribution in [3.05, 3.63) is 41.4 Å². The Morgan fingerprint density at radius 1 is 1.00 bits per heavy atom. The van der Waals surface area contributed by atoms with E-state index in [9.17, 15) is 0 Å². The summed E-state index contributed by atoms with van der Waals surface area (Å²) < 4.78 is 5.78. The van der Waals surface area contributed by atoms with Gasteiger partial charge < -0.3 is 9.64 Å². The van der Waals surface area contributed by atoms with E-state index in [-0.39, 0.29) is 0 Å². The van der Waals surface area contributed by atoms with Gasteiger partial charge in [-0.2, -0.15) is 0 Å². The van der Waals surface area contributed by atoms with Crippen molar-refractivity contribution in [3.8, 4) is 5.75 Å². The molecule has 0 atom stereocenters. The van der Waals surface area contributed by atoms with Crippen molar-refractivity contribution < 1.29 is 4.74 Å². The van der Waals surface area contributed by atoms with Gasteiger partial charge in [-0.3, -0.25) is 4.90 Å². The lowest BCUT2D eigenvalue weighted by Gasteiger charge is -2.34. The molecule has 0 bridgehead atoms. The molecule has 0 spiro atoms. The summed E-state index contributed by atoms with van der Waals surface area (Å²) in [6, 6.07) is 8.31. The first-order chi connectivity index (χ1) is 12.3. The second kappa shape index (κ2) is 9.78. The summed E-state index contributed by atoms with van der Waals surface area (Å²) in [5.41, 5.74) is 1.28. The third kappa shape index (κ3) is 6.01. The maximum absolute atomic E-state index is 5.78. The van der Waals surface area contributed by atoms with Crippen molar-refractivity contribution in [1.29, 1.82) is 0 Å².